The Morgan fingerprint density at radius 1 is 1.06 bits per heavy atom. The van der Waals surface area contributed by atoms with Gasteiger partial charge in [0.05, 0.1) is 12.1 Å². The molecule has 0 saturated heterocycles. The lowest BCUT2D eigenvalue weighted by Crippen LogP contribution is -2.40. The Kier molecular flexibility index (Phi) is 7.16. The van der Waals surface area contributed by atoms with Crippen LogP contribution in [0.3, 0.4) is 0 Å². The molecule has 0 bridgehead atoms. The van der Waals surface area contributed by atoms with Crippen molar-refractivity contribution >= 4 is 34.4 Å². The summed E-state index contributed by atoms with van der Waals surface area (Å²) >= 11 is 1.02. The van der Waals surface area contributed by atoms with Gasteiger partial charge in [0.15, 0.2) is 5.13 Å². The molecule has 0 unspecified atom stereocenters. The molecule has 1 aliphatic carbocycles. The van der Waals surface area contributed by atoms with Crippen LogP contribution in [0.25, 0.3) is 11.1 Å². The molecule has 182 valence electrons. The largest absolute Gasteiger partial charge is 0.481 e. The fraction of sp³-hybridized carbons (Fsp3) is 0.308. The molecule has 8 nitrogen and oxygen atoms in total. The summed E-state index contributed by atoms with van der Waals surface area (Å²) in [7, 11) is 0. The maximum absolute atomic E-state index is 12.7. The summed E-state index contributed by atoms with van der Waals surface area (Å²) in [5.41, 5.74) is 4.97. The molecule has 1 heterocycles. The first-order valence-corrected chi connectivity index (χ1v) is 12.2. The molecule has 35 heavy (non-hydrogen) atoms. The van der Waals surface area contributed by atoms with Gasteiger partial charge in [-0.15, -0.1) is 0 Å². The zero-order chi connectivity index (χ0) is 25.1. The smallest absolute Gasteiger partial charge is 0.413 e. The van der Waals surface area contributed by atoms with E-state index in [1.54, 1.807) is 6.92 Å². The minimum atomic E-state index is -0.984. The summed E-state index contributed by atoms with van der Waals surface area (Å²) in [6.45, 7) is 5.52. The number of fused-ring (bicyclic) bond motifs is 3. The van der Waals surface area contributed by atoms with Gasteiger partial charge in [0.2, 0.25) is 0 Å². The van der Waals surface area contributed by atoms with Crippen LogP contribution in [0.4, 0.5) is 9.93 Å². The highest BCUT2D eigenvalue weighted by atomic mass is 32.1. The van der Waals surface area contributed by atoms with Crippen molar-refractivity contribution in [3.05, 3.63) is 70.2 Å². The average molecular weight is 494 g/mol. The van der Waals surface area contributed by atoms with Crippen LogP contribution in [-0.2, 0) is 9.53 Å². The van der Waals surface area contributed by atoms with Crippen molar-refractivity contribution in [2.45, 2.75) is 39.2 Å². The molecule has 0 saturated carbocycles. The van der Waals surface area contributed by atoms with Gasteiger partial charge in [0.1, 0.15) is 11.5 Å². The molecule has 0 radical (unpaired) electrons. The van der Waals surface area contributed by atoms with Crippen LogP contribution in [0.1, 0.15) is 52.7 Å². The maximum Gasteiger partial charge on any atom is 0.413 e. The van der Waals surface area contributed by atoms with Gasteiger partial charge in [0.25, 0.3) is 5.91 Å². The number of thiazole rings is 1. The molecule has 0 spiro atoms. The van der Waals surface area contributed by atoms with Gasteiger partial charge in [-0.3, -0.25) is 14.9 Å². The molecule has 3 N–H and O–H groups in total. The number of anilines is 1. The second-order valence-electron chi connectivity index (χ2n) is 8.81. The summed E-state index contributed by atoms with van der Waals surface area (Å²) in [4.78, 5) is 40.9. The number of nitrogens with zero attached hydrogens (tertiary/aromatic N) is 1. The van der Waals surface area contributed by atoms with E-state index in [2.05, 4.69) is 27.8 Å². The van der Waals surface area contributed by atoms with E-state index in [0.29, 0.717) is 10.6 Å². The summed E-state index contributed by atoms with van der Waals surface area (Å²) in [6.07, 6.45) is -0.829. The zero-order valence-electron chi connectivity index (χ0n) is 19.7. The Labute approximate surface area is 207 Å². The van der Waals surface area contributed by atoms with Gasteiger partial charge in [-0.1, -0.05) is 73.7 Å². The third kappa shape index (κ3) is 5.35. The molecule has 3 aromatic rings. The quantitative estimate of drug-likeness (QED) is 0.405. The Hall–Kier alpha value is -3.72. The number of carbonyl (C=O) groups is 3. The van der Waals surface area contributed by atoms with E-state index in [-0.39, 0.29) is 30.0 Å². The van der Waals surface area contributed by atoms with E-state index in [1.807, 2.05) is 50.2 Å². The van der Waals surface area contributed by atoms with E-state index in [4.69, 9.17) is 9.84 Å². The molecule has 9 heteroatoms. The minimum absolute atomic E-state index is 0.0540. The number of carboxylic acids is 1. The zero-order valence-corrected chi connectivity index (χ0v) is 20.5. The molecule has 2 aromatic carbocycles. The number of carboxylic acid groups (broad SMARTS) is 1. The highest BCUT2D eigenvalue weighted by Gasteiger charge is 2.29. The van der Waals surface area contributed by atoms with Gasteiger partial charge in [-0.05, 0) is 35.1 Å². The Balaban J connectivity index is 1.40. The number of hydrogen-bond acceptors (Lipinski definition) is 6. The van der Waals surface area contributed by atoms with Crippen molar-refractivity contribution in [2.75, 3.05) is 11.9 Å². The van der Waals surface area contributed by atoms with Crippen LogP contribution < -0.4 is 10.6 Å². The topological polar surface area (TPSA) is 118 Å². The van der Waals surface area contributed by atoms with Gasteiger partial charge >= 0.3 is 12.1 Å². The first-order chi connectivity index (χ1) is 16.7. The van der Waals surface area contributed by atoms with Crippen LogP contribution in [0.5, 0.6) is 0 Å². The van der Waals surface area contributed by atoms with Crippen molar-refractivity contribution in [2.24, 2.45) is 5.92 Å². The number of nitrogens with one attached hydrogen (secondary N) is 2. The molecule has 1 aromatic heterocycles. The SMILES string of the molecule is Cc1nc(NC(=O)OCC2c3ccccc3-c3ccccc32)sc1C(=O)N[C@@H](CC(=O)O)C(C)C. The highest BCUT2D eigenvalue weighted by molar-refractivity contribution is 7.17. The van der Waals surface area contributed by atoms with E-state index >= 15 is 0 Å². The molecule has 0 aliphatic heterocycles. The van der Waals surface area contributed by atoms with E-state index in [1.165, 1.54) is 0 Å². The van der Waals surface area contributed by atoms with Gasteiger partial charge < -0.3 is 15.2 Å². The second-order valence-corrected chi connectivity index (χ2v) is 9.81. The van der Waals surface area contributed by atoms with Gasteiger partial charge in [-0.2, -0.15) is 0 Å². The van der Waals surface area contributed by atoms with Crippen molar-refractivity contribution in [3.63, 3.8) is 0 Å². The molecule has 4 rings (SSSR count). The monoisotopic (exact) mass is 493 g/mol. The third-order valence-electron chi connectivity index (χ3n) is 6.07. The summed E-state index contributed by atoms with van der Waals surface area (Å²) in [6, 6.07) is 15.7. The summed E-state index contributed by atoms with van der Waals surface area (Å²) in [5, 5.41) is 14.7. The number of ether oxygens (including phenoxy) is 1. The maximum atomic E-state index is 12.7. The standard InChI is InChI=1S/C26H27N3O5S/c1-14(2)21(12-22(30)31)28-24(32)23-15(3)27-25(35-23)29-26(33)34-13-20-18-10-6-4-8-16(18)17-9-5-7-11-19(17)20/h4-11,14,20-21H,12-13H2,1-3H3,(H,28,32)(H,30,31)(H,27,29,33)/t21-/m0/s1. The van der Waals surface area contributed by atoms with E-state index in [0.717, 1.165) is 33.6 Å². The number of aliphatic carboxylic acids is 1. The normalized spacial score (nSPS) is 13.1. The van der Waals surface area contributed by atoms with Crippen LogP contribution in [-0.4, -0.2) is 40.7 Å². The van der Waals surface area contributed by atoms with Crippen LogP contribution in [0.2, 0.25) is 0 Å². The number of hydrogen-bond donors (Lipinski definition) is 3. The first kappa shape index (κ1) is 24.4. The first-order valence-electron chi connectivity index (χ1n) is 11.4. The molecule has 1 atom stereocenters. The van der Waals surface area contributed by atoms with Gasteiger partial charge in [0, 0.05) is 12.0 Å². The average Bonchev–Trinajstić information content (AvgIpc) is 3.34. The Bertz CT molecular complexity index is 1220. The second kappa shape index (κ2) is 10.3. The fourth-order valence-electron chi connectivity index (χ4n) is 4.26. The number of amides is 2. The van der Waals surface area contributed by atoms with Crippen molar-refractivity contribution < 1.29 is 24.2 Å². The fourth-order valence-corrected chi connectivity index (χ4v) is 5.11. The Morgan fingerprint density at radius 3 is 2.23 bits per heavy atom. The van der Waals surface area contributed by atoms with Crippen molar-refractivity contribution in [1.82, 2.24) is 10.3 Å². The van der Waals surface area contributed by atoms with Crippen LogP contribution in [0, 0.1) is 12.8 Å². The number of benzene rings is 2. The predicted molar refractivity (Wildman–Crippen MR) is 134 cm³/mol. The lowest BCUT2D eigenvalue weighted by atomic mass is 9.98. The molecule has 1 aliphatic rings. The lowest BCUT2D eigenvalue weighted by molar-refractivity contribution is -0.137. The minimum Gasteiger partial charge on any atom is -0.481 e. The summed E-state index contributed by atoms with van der Waals surface area (Å²) in [5.74, 6) is -1.51. The third-order valence-corrected chi connectivity index (χ3v) is 7.14. The molecular weight excluding hydrogens is 466 g/mol. The van der Waals surface area contributed by atoms with E-state index < -0.39 is 24.0 Å². The van der Waals surface area contributed by atoms with Crippen molar-refractivity contribution in [1.29, 1.82) is 0 Å². The number of rotatable bonds is 8. The van der Waals surface area contributed by atoms with Crippen molar-refractivity contribution in [3.8, 4) is 11.1 Å². The number of carbonyl (C=O) groups excluding carboxylic acids is 2. The van der Waals surface area contributed by atoms with Gasteiger partial charge in [-0.25, -0.2) is 9.78 Å². The number of aromatic nitrogens is 1. The molecule has 2 amide bonds. The highest BCUT2D eigenvalue weighted by Crippen LogP contribution is 2.44. The molecular formula is C26H27N3O5S. The van der Waals surface area contributed by atoms with E-state index in [9.17, 15) is 14.4 Å². The van der Waals surface area contributed by atoms with Crippen LogP contribution >= 0.6 is 11.3 Å². The lowest BCUT2D eigenvalue weighted by Gasteiger charge is -2.20. The summed E-state index contributed by atoms with van der Waals surface area (Å²) < 4.78 is 5.54. The Morgan fingerprint density at radius 2 is 1.66 bits per heavy atom. The van der Waals surface area contributed by atoms with Crippen LogP contribution in [0.15, 0.2) is 48.5 Å². The molecule has 0 fully saturated rings. The predicted octanol–water partition coefficient (Wildman–Crippen LogP) is 5.04. The number of aryl methyl sites for hydroxylation is 1.